The summed E-state index contributed by atoms with van der Waals surface area (Å²) in [5.74, 6) is -0.384. The summed E-state index contributed by atoms with van der Waals surface area (Å²) in [6, 6.07) is 4.96. The Balaban J connectivity index is 2.20. The minimum atomic E-state index is -3.50. The topological polar surface area (TPSA) is 46.2 Å². The van der Waals surface area contributed by atoms with Gasteiger partial charge < -0.3 is 5.32 Å². The van der Waals surface area contributed by atoms with E-state index < -0.39 is 15.7 Å². The summed E-state index contributed by atoms with van der Waals surface area (Å²) in [5.41, 5.74) is 0.938. The Hall–Kier alpha value is -0.940. The van der Waals surface area contributed by atoms with Gasteiger partial charge in [-0.3, -0.25) is 0 Å². The molecule has 0 radical (unpaired) electrons. The fourth-order valence-corrected chi connectivity index (χ4v) is 3.92. The van der Waals surface area contributed by atoms with Crippen LogP contribution in [0.5, 0.6) is 0 Å². The maximum Gasteiger partial charge on any atom is 0.178 e. The second-order valence-electron chi connectivity index (χ2n) is 6.58. The smallest absolute Gasteiger partial charge is 0.178 e. The predicted octanol–water partition coefficient (Wildman–Crippen LogP) is 3.11. The zero-order valence-electron chi connectivity index (χ0n) is 13.1. The maximum atomic E-state index is 14.0. The lowest BCUT2D eigenvalue weighted by atomic mass is 9.56. The Morgan fingerprint density at radius 2 is 2.05 bits per heavy atom. The summed E-state index contributed by atoms with van der Waals surface area (Å²) >= 11 is 0. The van der Waals surface area contributed by atoms with Gasteiger partial charge in [-0.15, -0.1) is 0 Å². The molecule has 2 atom stereocenters. The van der Waals surface area contributed by atoms with Crippen molar-refractivity contribution < 1.29 is 12.8 Å². The lowest BCUT2D eigenvalue weighted by molar-refractivity contribution is 0.0692. The van der Waals surface area contributed by atoms with Crippen LogP contribution in [0.25, 0.3) is 0 Å². The molecule has 1 fully saturated rings. The van der Waals surface area contributed by atoms with E-state index in [1.54, 1.807) is 6.07 Å². The van der Waals surface area contributed by atoms with E-state index in [9.17, 15) is 12.8 Å². The third-order valence-corrected chi connectivity index (χ3v) is 5.80. The largest absolute Gasteiger partial charge is 0.313 e. The number of hydrogen-bond donors (Lipinski definition) is 1. The van der Waals surface area contributed by atoms with Gasteiger partial charge in [-0.05, 0) is 48.4 Å². The van der Waals surface area contributed by atoms with Gasteiger partial charge in [0, 0.05) is 12.3 Å². The molecule has 0 saturated heterocycles. The van der Waals surface area contributed by atoms with Gasteiger partial charge in [-0.1, -0.05) is 26.8 Å². The second-order valence-corrected chi connectivity index (χ2v) is 8.56. The molecule has 1 N–H and O–H groups in total. The molecule has 0 heterocycles. The van der Waals surface area contributed by atoms with Gasteiger partial charge in [0.2, 0.25) is 0 Å². The number of hydrogen-bond acceptors (Lipinski definition) is 3. The van der Waals surface area contributed by atoms with Crippen molar-refractivity contribution >= 4 is 9.84 Å². The van der Waals surface area contributed by atoms with Crippen LogP contribution in [-0.2, 0) is 9.84 Å². The van der Waals surface area contributed by atoms with Crippen molar-refractivity contribution in [3.63, 3.8) is 0 Å². The standard InChI is InChI=1S/C16H24FNO2S/c1-5-8-18-15-10-12(16(15,2)3)11-6-7-14(13(17)9-11)21(4,19)20/h6-7,9,12,15,18H,5,8,10H2,1-4H3. The number of halogens is 1. The quantitative estimate of drug-likeness (QED) is 0.908. The summed E-state index contributed by atoms with van der Waals surface area (Å²) in [5, 5.41) is 3.52. The van der Waals surface area contributed by atoms with Crippen molar-refractivity contribution in [2.75, 3.05) is 12.8 Å². The average Bonchev–Trinajstić information content (AvgIpc) is 2.36. The average molecular weight is 313 g/mol. The maximum absolute atomic E-state index is 14.0. The zero-order valence-corrected chi connectivity index (χ0v) is 13.9. The van der Waals surface area contributed by atoms with Gasteiger partial charge >= 0.3 is 0 Å². The van der Waals surface area contributed by atoms with Crippen molar-refractivity contribution in [2.45, 2.75) is 50.5 Å². The minimum Gasteiger partial charge on any atom is -0.313 e. The molecule has 2 unspecified atom stereocenters. The molecule has 0 bridgehead atoms. The summed E-state index contributed by atoms with van der Waals surface area (Å²) in [6.07, 6.45) is 3.09. The SMILES string of the molecule is CCCNC1CC(c2ccc(S(C)(=O)=O)c(F)c2)C1(C)C. The van der Waals surface area contributed by atoms with Crippen LogP contribution in [0.3, 0.4) is 0 Å². The highest BCUT2D eigenvalue weighted by atomic mass is 32.2. The van der Waals surface area contributed by atoms with Gasteiger partial charge in [0.25, 0.3) is 0 Å². The number of rotatable bonds is 5. The first kappa shape index (κ1) is 16.4. The van der Waals surface area contributed by atoms with Crippen LogP contribution in [0.1, 0.15) is 45.1 Å². The van der Waals surface area contributed by atoms with Gasteiger partial charge in [0.1, 0.15) is 10.7 Å². The highest BCUT2D eigenvalue weighted by Gasteiger charge is 2.48. The third kappa shape index (κ3) is 3.14. The van der Waals surface area contributed by atoms with Gasteiger partial charge in [0.05, 0.1) is 0 Å². The molecule has 118 valence electrons. The van der Waals surface area contributed by atoms with Gasteiger partial charge in [-0.2, -0.15) is 0 Å². The predicted molar refractivity (Wildman–Crippen MR) is 82.7 cm³/mol. The van der Waals surface area contributed by atoms with Gasteiger partial charge in [-0.25, -0.2) is 12.8 Å². The van der Waals surface area contributed by atoms with E-state index in [1.165, 1.54) is 12.1 Å². The molecule has 3 nitrogen and oxygen atoms in total. The molecule has 0 spiro atoms. The summed E-state index contributed by atoms with van der Waals surface area (Å²) < 4.78 is 37.0. The molecular weight excluding hydrogens is 289 g/mol. The molecule has 1 aromatic carbocycles. The fraction of sp³-hybridized carbons (Fsp3) is 0.625. The summed E-state index contributed by atoms with van der Waals surface area (Å²) in [7, 11) is -3.50. The van der Waals surface area contributed by atoms with Crippen molar-refractivity contribution in [3.05, 3.63) is 29.6 Å². The van der Waals surface area contributed by atoms with Crippen molar-refractivity contribution in [3.8, 4) is 0 Å². The molecule has 1 aliphatic rings. The van der Waals surface area contributed by atoms with Crippen molar-refractivity contribution in [2.24, 2.45) is 5.41 Å². The Kier molecular flexibility index (Phi) is 4.45. The Morgan fingerprint density at radius 1 is 1.38 bits per heavy atom. The van der Waals surface area contributed by atoms with E-state index in [0.29, 0.717) is 6.04 Å². The first-order chi connectivity index (χ1) is 9.67. The van der Waals surface area contributed by atoms with Crippen LogP contribution < -0.4 is 5.32 Å². The summed E-state index contributed by atoms with van der Waals surface area (Å²) in [4.78, 5) is -0.218. The lowest BCUT2D eigenvalue weighted by Gasteiger charge is -2.53. The van der Waals surface area contributed by atoms with Crippen LogP contribution in [0.4, 0.5) is 4.39 Å². The number of benzene rings is 1. The molecule has 1 saturated carbocycles. The molecule has 0 aliphatic heterocycles. The van der Waals surface area contributed by atoms with Crippen LogP contribution in [0.2, 0.25) is 0 Å². The third-order valence-electron chi connectivity index (χ3n) is 4.67. The van der Waals surface area contributed by atoms with Crippen LogP contribution in [-0.4, -0.2) is 27.3 Å². The van der Waals surface area contributed by atoms with E-state index >= 15 is 0 Å². The van der Waals surface area contributed by atoms with Crippen LogP contribution in [0, 0.1) is 11.2 Å². The van der Waals surface area contributed by atoms with Gasteiger partial charge in [0.15, 0.2) is 9.84 Å². The van der Waals surface area contributed by atoms with E-state index in [0.717, 1.165) is 31.2 Å². The second kappa shape index (κ2) is 5.69. The fourth-order valence-electron chi connectivity index (χ4n) is 3.19. The lowest BCUT2D eigenvalue weighted by Crippen LogP contribution is -2.55. The van der Waals surface area contributed by atoms with Crippen molar-refractivity contribution in [1.29, 1.82) is 0 Å². The molecule has 0 amide bonds. The van der Waals surface area contributed by atoms with E-state index in [-0.39, 0.29) is 16.2 Å². The Bertz CT molecular complexity index is 625. The first-order valence-electron chi connectivity index (χ1n) is 7.40. The van der Waals surface area contributed by atoms with Crippen molar-refractivity contribution in [1.82, 2.24) is 5.32 Å². The molecule has 2 rings (SSSR count). The molecule has 1 aliphatic carbocycles. The Morgan fingerprint density at radius 3 is 2.52 bits per heavy atom. The molecule has 5 heteroatoms. The molecule has 1 aromatic rings. The minimum absolute atomic E-state index is 0.0498. The highest BCUT2D eigenvalue weighted by Crippen LogP contribution is 2.52. The van der Waals surface area contributed by atoms with E-state index in [2.05, 4.69) is 26.1 Å². The molecular formula is C16H24FNO2S. The summed E-state index contributed by atoms with van der Waals surface area (Å²) in [6.45, 7) is 7.48. The van der Waals surface area contributed by atoms with Crippen LogP contribution in [0.15, 0.2) is 23.1 Å². The number of nitrogens with one attached hydrogen (secondary N) is 1. The number of sulfone groups is 1. The zero-order chi connectivity index (χ0) is 15.8. The monoisotopic (exact) mass is 313 g/mol. The van der Waals surface area contributed by atoms with E-state index in [1.807, 2.05) is 0 Å². The molecule has 0 aromatic heterocycles. The first-order valence-corrected chi connectivity index (χ1v) is 9.30. The normalized spacial score (nSPS) is 24.6. The van der Waals surface area contributed by atoms with Crippen LogP contribution >= 0.6 is 0 Å². The van der Waals surface area contributed by atoms with E-state index in [4.69, 9.17) is 0 Å². The highest BCUT2D eigenvalue weighted by molar-refractivity contribution is 7.90. The Labute approximate surface area is 126 Å². The molecule has 21 heavy (non-hydrogen) atoms.